The fourth-order valence-corrected chi connectivity index (χ4v) is 6.24. The van der Waals surface area contributed by atoms with Crippen molar-refractivity contribution in [1.29, 1.82) is 0 Å². The summed E-state index contributed by atoms with van der Waals surface area (Å²) in [6.45, 7) is 10.3. The van der Waals surface area contributed by atoms with Gasteiger partial charge in [0, 0.05) is 72.6 Å². The van der Waals surface area contributed by atoms with Gasteiger partial charge in [0.25, 0.3) is 5.91 Å². The Balaban J connectivity index is 1.56. The Morgan fingerprint density at radius 3 is 2.36 bits per heavy atom. The molecular weight excluding hydrogens is 554 g/mol. The number of hydrogen-bond acceptors (Lipinski definition) is 6. The van der Waals surface area contributed by atoms with Crippen molar-refractivity contribution in [3.63, 3.8) is 0 Å². The predicted molar refractivity (Wildman–Crippen MR) is 175 cm³/mol. The minimum Gasteiger partial charge on any atom is -0.478 e. The molecule has 9 nitrogen and oxygen atoms in total. The quantitative estimate of drug-likeness (QED) is 0.190. The van der Waals surface area contributed by atoms with Crippen molar-refractivity contribution in [2.24, 2.45) is 0 Å². The molecule has 2 aromatic carbocycles. The van der Waals surface area contributed by atoms with E-state index in [2.05, 4.69) is 69.9 Å². The molecule has 1 aliphatic carbocycles. The van der Waals surface area contributed by atoms with Gasteiger partial charge in [-0.3, -0.25) is 9.69 Å². The van der Waals surface area contributed by atoms with E-state index in [4.69, 9.17) is 4.42 Å². The van der Waals surface area contributed by atoms with Gasteiger partial charge in [-0.15, -0.1) is 0 Å². The molecule has 2 saturated heterocycles. The molecule has 4 aliphatic rings. The second kappa shape index (κ2) is 12.8. The van der Waals surface area contributed by atoms with Crippen molar-refractivity contribution in [2.45, 2.75) is 19.8 Å². The lowest BCUT2D eigenvalue weighted by Crippen LogP contribution is -2.46. The largest absolute Gasteiger partial charge is 0.478 e. The molecule has 3 heterocycles. The number of likely N-dealkylation sites (N-methyl/N-ethyl adjacent to an activating group) is 2. The van der Waals surface area contributed by atoms with E-state index in [9.17, 15) is 14.7 Å². The molecule has 0 unspecified atom stereocenters. The summed E-state index contributed by atoms with van der Waals surface area (Å²) in [4.78, 5) is 32.7. The number of nitrogens with one attached hydrogen (secondary N) is 1. The fraction of sp³-hybridized carbons (Fsp3) is 0.400. The van der Waals surface area contributed by atoms with Gasteiger partial charge in [0.15, 0.2) is 13.1 Å². The highest BCUT2D eigenvalue weighted by Crippen LogP contribution is 2.42. The SMILES string of the molecule is CCCCNC(=O)c1ccc(C(=O)O)c(-c2c3ccc(=[N+]4CCN(C)CC4)cc-3oc3cc(N4CCN(C)CC4)ccc23)c1. The van der Waals surface area contributed by atoms with Crippen LogP contribution in [0.15, 0.2) is 59.0 Å². The summed E-state index contributed by atoms with van der Waals surface area (Å²) in [5, 5.41) is 15.2. The number of rotatable bonds is 7. The third-order valence-electron chi connectivity index (χ3n) is 9.02. The highest BCUT2D eigenvalue weighted by Gasteiger charge is 2.25. The third-order valence-corrected chi connectivity index (χ3v) is 9.02. The number of carbonyl (C=O) groups excluding carboxylic acids is 1. The third kappa shape index (κ3) is 6.07. The van der Waals surface area contributed by atoms with Crippen LogP contribution in [0.5, 0.6) is 0 Å². The number of piperazine rings is 2. The molecule has 230 valence electrons. The van der Waals surface area contributed by atoms with Gasteiger partial charge in [-0.2, -0.15) is 0 Å². The van der Waals surface area contributed by atoms with Crippen molar-refractivity contribution in [1.82, 2.24) is 19.7 Å². The second-order valence-corrected chi connectivity index (χ2v) is 12.1. The standard InChI is InChI=1S/C35H41N5O4/c1-4-5-12-36-34(41)24-6-9-27(35(42)43)30(21-24)33-28-10-7-25(39-17-13-37(2)14-18-39)22-31(28)44-32-23-26(8-11-29(32)33)40-19-15-38(3)16-20-40/h6-11,21-23H,4-5,12-20H2,1-3H3,(H-,36,41,42,43)/p+1. The predicted octanol–water partition coefficient (Wildman–Crippen LogP) is 3.90. The maximum absolute atomic E-state index is 13.1. The van der Waals surface area contributed by atoms with Crippen molar-refractivity contribution >= 4 is 28.5 Å². The van der Waals surface area contributed by atoms with Crippen LogP contribution in [-0.4, -0.2) is 99.8 Å². The number of carbonyl (C=O) groups is 2. The number of aromatic carboxylic acids is 1. The van der Waals surface area contributed by atoms with Crippen LogP contribution in [0.25, 0.3) is 33.4 Å². The number of carboxylic acids is 1. The summed E-state index contributed by atoms with van der Waals surface area (Å²) >= 11 is 0. The number of benzene rings is 3. The fourth-order valence-electron chi connectivity index (χ4n) is 6.24. The molecule has 2 N–H and O–H groups in total. The average Bonchev–Trinajstić information content (AvgIpc) is 3.03. The molecule has 0 spiro atoms. The number of carboxylic acid groups (broad SMARTS) is 1. The van der Waals surface area contributed by atoms with Gasteiger partial charge in [-0.25, -0.2) is 9.37 Å². The van der Waals surface area contributed by atoms with Crippen LogP contribution in [0.4, 0.5) is 5.69 Å². The van der Waals surface area contributed by atoms with E-state index in [-0.39, 0.29) is 11.5 Å². The first-order valence-electron chi connectivity index (χ1n) is 15.7. The van der Waals surface area contributed by atoms with E-state index >= 15 is 0 Å². The molecular formula is C35H42N5O4+. The van der Waals surface area contributed by atoms with Gasteiger partial charge in [0.05, 0.1) is 24.7 Å². The van der Waals surface area contributed by atoms with Crippen LogP contribution in [0.2, 0.25) is 0 Å². The Kier molecular flexibility index (Phi) is 8.68. The van der Waals surface area contributed by atoms with E-state index in [1.54, 1.807) is 18.2 Å². The Bertz CT molecular complexity index is 1730. The first-order chi connectivity index (χ1) is 21.3. The van der Waals surface area contributed by atoms with E-state index < -0.39 is 5.97 Å². The summed E-state index contributed by atoms with van der Waals surface area (Å²) in [5.41, 5.74) is 4.43. The average molecular weight is 597 g/mol. The van der Waals surface area contributed by atoms with Gasteiger partial charge in [-0.1, -0.05) is 13.3 Å². The Hall–Kier alpha value is -4.21. The second-order valence-electron chi connectivity index (χ2n) is 12.1. The van der Waals surface area contributed by atoms with Gasteiger partial charge >= 0.3 is 5.97 Å². The maximum Gasteiger partial charge on any atom is 0.336 e. The summed E-state index contributed by atoms with van der Waals surface area (Å²) < 4.78 is 9.02. The van der Waals surface area contributed by atoms with Gasteiger partial charge in [0.2, 0.25) is 5.36 Å². The molecule has 6 rings (SSSR count). The van der Waals surface area contributed by atoms with Gasteiger partial charge in [0.1, 0.15) is 11.3 Å². The molecule has 44 heavy (non-hydrogen) atoms. The highest BCUT2D eigenvalue weighted by molar-refractivity contribution is 6.09. The number of amides is 1. The summed E-state index contributed by atoms with van der Waals surface area (Å²) in [6.07, 6.45) is 1.85. The number of anilines is 1. The van der Waals surface area contributed by atoms with Crippen LogP contribution in [0.3, 0.4) is 0 Å². The zero-order valence-electron chi connectivity index (χ0n) is 25.9. The van der Waals surface area contributed by atoms with Crippen molar-refractivity contribution in [3.05, 3.63) is 71.1 Å². The molecule has 2 fully saturated rings. The van der Waals surface area contributed by atoms with Crippen LogP contribution in [-0.2, 0) is 0 Å². The molecule has 1 amide bonds. The lowest BCUT2D eigenvalue weighted by Gasteiger charge is -2.34. The van der Waals surface area contributed by atoms with E-state index in [1.165, 1.54) is 0 Å². The first-order valence-corrected chi connectivity index (χ1v) is 15.7. The van der Waals surface area contributed by atoms with Crippen molar-refractivity contribution < 1.29 is 19.1 Å². The van der Waals surface area contributed by atoms with Crippen LogP contribution >= 0.6 is 0 Å². The van der Waals surface area contributed by atoms with Crippen LogP contribution in [0.1, 0.15) is 40.5 Å². The molecule has 0 aromatic heterocycles. The molecule has 0 bridgehead atoms. The zero-order valence-corrected chi connectivity index (χ0v) is 25.9. The minimum absolute atomic E-state index is 0.148. The number of nitrogens with zero attached hydrogens (tertiary/aromatic N) is 4. The van der Waals surface area contributed by atoms with Gasteiger partial charge in [-0.05, 0) is 62.5 Å². The molecule has 9 heteroatoms. The zero-order chi connectivity index (χ0) is 30.8. The van der Waals surface area contributed by atoms with E-state index in [0.717, 1.165) is 92.8 Å². The normalized spacial score (nSPS) is 16.5. The van der Waals surface area contributed by atoms with Crippen molar-refractivity contribution in [2.75, 3.05) is 77.9 Å². The summed E-state index contributed by atoms with van der Waals surface area (Å²) in [5.74, 6) is -0.558. The van der Waals surface area contributed by atoms with Crippen LogP contribution in [0, 0.1) is 0 Å². The molecule has 0 saturated carbocycles. The summed E-state index contributed by atoms with van der Waals surface area (Å²) in [7, 11) is 4.28. The van der Waals surface area contributed by atoms with Crippen LogP contribution < -0.4 is 20.1 Å². The van der Waals surface area contributed by atoms with E-state index in [0.29, 0.717) is 29.0 Å². The Morgan fingerprint density at radius 2 is 1.64 bits per heavy atom. The van der Waals surface area contributed by atoms with E-state index in [1.807, 2.05) is 12.1 Å². The lowest BCUT2D eigenvalue weighted by atomic mass is 9.89. The lowest BCUT2D eigenvalue weighted by molar-refractivity contribution is 0.0697. The molecule has 0 atom stereocenters. The monoisotopic (exact) mass is 596 g/mol. The molecule has 2 aromatic rings. The number of unbranched alkanes of at least 4 members (excludes halogenated alkanes) is 1. The maximum atomic E-state index is 13.1. The first kappa shape index (κ1) is 29.8. The highest BCUT2D eigenvalue weighted by atomic mass is 16.4. The Labute approximate surface area is 258 Å². The van der Waals surface area contributed by atoms with Gasteiger partial charge < -0.3 is 24.6 Å². The number of hydrogen-bond donors (Lipinski definition) is 2. The number of fused-ring (bicyclic) bond motifs is 2. The minimum atomic E-state index is -1.04. The van der Waals surface area contributed by atoms with Crippen molar-refractivity contribution in [3.8, 4) is 22.5 Å². The summed E-state index contributed by atoms with van der Waals surface area (Å²) in [6, 6.07) is 17.3. The smallest absolute Gasteiger partial charge is 0.336 e. The Morgan fingerprint density at radius 1 is 0.886 bits per heavy atom. The molecule has 0 radical (unpaired) electrons. The molecule has 3 aliphatic heterocycles. The topological polar surface area (TPSA) is 92.3 Å².